The van der Waals surface area contributed by atoms with Gasteiger partial charge in [0.1, 0.15) is 11.5 Å². The summed E-state index contributed by atoms with van der Waals surface area (Å²) in [5, 5.41) is 6.34. The van der Waals surface area contributed by atoms with Crippen molar-refractivity contribution in [1.82, 2.24) is 5.32 Å². The lowest BCUT2D eigenvalue weighted by Gasteiger charge is -2.15. The van der Waals surface area contributed by atoms with Crippen molar-refractivity contribution >= 4 is 22.9 Å². The van der Waals surface area contributed by atoms with Gasteiger partial charge in [0.05, 0.1) is 11.1 Å². The van der Waals surface area contributed by atoms with Crippen molar-refractivity contribution in [2.24, 2.45) is 0 Å². The van der Waals surface area contributed by atoms with Crippen LogP contribution in [0, 0.1) is 0 Å². The molecule has 0 saturated heterocycles. The number of hydrogen-bond acceptors (Lipinski definition) is 3. The molecule has 0 aliphatic heterocycles. The van der Waals surface area contributed by atoms with Gasteiger partial charge in [0, 0.05) is 17.7 Å². The molecule has 2 nitrogen and oxygen atoms in total. The van der Waals surface area contributed by atoms with Gasteiger partial charge in [-0.05, 0) is 30.1 Å². The van der Waals surface area contributed by atoms with Crippen LogP contribution in [0.15, 0.2) is 28.0 Å². The Hall–Kier alpha value is -0.770. The van der Waals surface area contributed by atoms with Crippen molar-refractivity contribution < 1.29 is 4.42 Å². The molecule has 1 unspecified atom stereocenters. The van der Waals surface area contributed by atoms with E-state index in [0.717, 1.165) is 35.9 Å². The molecule has 0 aromatic carbocycles. The molecule has 0 radical (unpaired) electrons. The molecule has 18 heavy (non-hydrogen) atoms. The first-order chi connectivity index (χ1) is 8.74. The van der Waals surface area contributed by atoms with Crippen molar-refractivity contribution in [2.75, 3.05) is 6.54 Å². The molecular weight excluding hydrogens is 266 g/mol. The van der Waals surface area contributed by atoms with Crippen LogP contribution < -0.4 is 5.32 Å². The van der Waals surface area contributed by atoms with Gasteiger partial charge in [-0.15, -0.1) is 11.3 Å². The maximum atomic E-state index is 6.16. The Morgan fingerprint density at radius 3 is 2.72 bits per heavy atom. The number of thiophene rings is 1. The number of hydrogen-bond donors (Lipinski definition) is 1. The number of likely N-dealkylation sites (N-methyl/N-ethyl adjacent to an activating group) is 1. The first kappa shape index (κ1) is 13.7. The van der Waals surface area contributed by atoms with Crippen molar-refractivity contribution in [3.63, 3.8) is 0 Å². The average Bonchev–Trinajstić information content (AvgIpc) is 2.98. The zero-order valence-electron chi connectivity index (χ0n) is 10.7. The standard InChI is InChI=1S/C14H18ClNOS/c1-3-10-5-6-13(17-10)12(16-4-2)9-14-11(15)7-8-18-14/h5-8,12,16H,3-4,9H2,1-2H3. The van der Waals surface area contributed by atoms with E-state index in [1.807, 2.05) is 11.4 Å². The molecule has 0 saturated carbocycles. The summed E-state index contributed by atoms with van der Waals surface area (Å²) < 4.78 is 5.84. The minimum absolute atomic E-state index is 0.200. The third-order valence-corrected chi connectivity index (χ3v) is 4.31. The van der Waals surface area contributed by atoms with Gasteiger partial charge in [-0.1, -0.05) is 25.4 Å². The van der Waals surface area contributed by atoms with Crippen LogP contribution in [0.3, 0.4) is 0 Å². The van der Waals surface area contributed by atoms with Crippen molar-refractivity contribution in [3.05, 3.63) is 45.0 Å². The maximum absolute atomic E-state index is 6.16. The predicted octanol–water partition coefficient (Wildman–Crippen LogP) is 4.45. The second-order valence-electron chi connectivity index (χ2n) is 4.16. The number of rotatable bonds is 6. The van der Waals surface area contributed by atoms with Gasteiger partial charge < -0.3 is 9.73 Å². The first-order valence-corrected chi connectivity index (χ1v) is 7.54. The van der Waals surface area contributed by atoms with Crippen LogP contribution in [-0.2, 0) is 12.8 Å². The summed E-state index contributed by atoms with van der Waals surface area (Å²) in [5.74, 6) is 2.03. The lowest BCUT2D eigenvalue weighted by molar-refractivity contribution is 0.398. The molecule has 2 aromatic rings. The number of nitrogens with one attached hydrogen (secondary N) is 1. The SMILES string of the molecule is CCNC(Cc1sccc1Cl)c1ccc(CC)o1. The molecule has 4 heteroatoms. The molecule has 0 aliphatic carbocycles. The van der Waals surface area contributed by atoms with E-state index in [1.54, 1.807) is 11.3 Å². The Bertz CT molecular complexity index is 491. The van der Waals surface area contributed by atoms with E-state index in [2.05, 4.69) is 31.3 Å². The van der Waals surface area contributed by atoms with Crippen molar-refractivity contribution in [2.45, 2.75) is 32.7 Å². The fraction of sp³-hybridized carbons (Fsp3) is 0.429. The molecule has 2 aromatic heterocycles. The molecule has 2 heterocycles. The lowest BCUT2D eigenvalue weighted by atomic mass is 10.1. The molecule has 0 bridgehead atoms. The zero-order valence-corrected chi connectivity index (χ0v) is 12.3. The van der Waals surface area contributed by atoms with Crippen LogP contribution in [0.1, 0.15) is 36.3 Å². The van der Waals surface area contributed by atoms with Crippen LogP contribution in [0.2, 0.25) is 5.02 Å². The van der Waals surface area contributed by atoms with Crippen molar-refractivity contribution in [1.29, 1.82) is 0 Å². The largest absolute Gasteiger partial charge is 0.464 e. The van der Waals surface area contributed by atoms with E-state index in [-0.39, 0.29) is 6.04 Å². The van der Waals surface area contributed by atoms with Crippen molar-refractivity contribution in [3.8, 4) is 0 Å². The van der Waals surface area contributed by atoms with Gasteiger partial charge in [-0.3, -0.25) is 0 Å². The summed E-state index contributed by atoms with van der Waals surface area (Å²) in [6.07, 6.45) is 1.81. The predicted molar refractivity (Wildman–Crippen MR) is 77.5 cm³/mol. The molecular formula is C14H18ClNOS. The summed E-state index contributed by atoms with van der Waals surface area (Å²) in [6.45, 7) is 5.11. The Morgan fingerprint density at radius 2 is 2.17 bits per heavy atom. The molecule has 0 fully saturated rings. The maximum Gasteiger partial charge on any atom is 0.121 e. The Kier molecular flexibility index (Phi) is 4.87. The quantitative estimate of drug-likeness (QED) is 0.847. The highest BCUT2D eigenvalue weighted by Gasteiger charge is 2.17. The van der Waals surface area contributed by atoms with Gasteiger partial charge in [0.2, 0.25) is 0 Å². The molecule has 0 spiro atoms. The fourth-order valence-corrected chi connectivity index (χ4v) is 3.11. The number of halogens is 1. The molecule has 0 amide bonds. The molecule has 1 N–H and O–H groups in total. The summed E-state index contributed by atoms with van der Waals surface area (Å²) in [4.78, 5) is 1.21. The minimum Gasteiger partial charge on any atom is -0.464 e. The summed E-state index contributed by atoms with van der Waals surface area (Å²) in [5.41, 5.74) is 0. The number of aryl methyl sites for hydroxylation is 1. The Labute approximate surface area is 117 Å². The van der Waals surface area contributed by atoms with Crippen LogP contribution in [-0.4, -0.2) is 6.54 Å². The topological polar surface area (TPSA) is 25.2 Å². The molecule has 1 atom stereocenters. The van der Waals surface area contributed by atoms with Crippen LogP contribution in [0.5, 0.6) is 0 Å². The van der Waals surface area contributed by atoms with E-state index >= 15 is 0 Å². The van der Waals surface area contributed by atoms with Gasteiger partial charge in [-0.25, -0.2) is 0 Å². The summed E-state index contributed by atoms with van der Waals surface area (Å²) in [6, 6.07) is 6.26. The molecule has 0 aliphatic rings. The fourth-order valence-electron chi connectivity index (χ4n) is 1.95. The highest BCUT2D eigenvalue weighted by Crippen LogP contribution is 2.28. The highest BCUT2D eigenvalue weighted by molar-refractivity contribution is 7.10. The molecule has 2 rings (SSSR count). The summed E-state index contributed by atoms with van der Waals surface area (Å²) >= 11 is 7.85. The second-order valence-corrected chi connectivity index (χ2v) is 5.57. The normalized spacial score (nSPS) is 12.8. The van der Waals surface area contributed by atoms with E-state index in [9.17, 15) is 0 Å². The third kappa shape index (κ3) is 3.16. The monoisotopic (exact) mass is 283 g/mol. The van der Waals surface area contributed by atoms with E-state index in [0.29, 0.717) is 0 Å². The molecule has 98 valence electrons. The van der Waals surface area contributed by atoms with Crippen LogP contribution >= 0.6 is 22.9 Å². The Balaban J connectivity index is 2.15. The number of furan rings is 1. The smallest absolute Gasteiger partial charge is 0.121 e. The Morgan fingerprint density at radius 1 is 1.33 bits per heavy atom. The first-order valence-electron chi connectivity index (χ1n) is 6.28. The van der Waals surface area contributed by atoms with E-state index < -0.39 is 0 Å². The lowest BCUT2D eigenvalue weighted by Crippen LogP contribution is -2.22. The van der Waals surface area contributed by atoms with Gasteiger partial charge in [0.25, 0.3) is 0 Å². The van der Waals surface area contributed by atoms with Crippen LogP contribution in [0.4, 0.5) is 0 Å². The second kappa shape index (κ2) is 6.41. The van der Waals surface area contributed by atoms with E-state index in [4.69, 9.17) is 16.0 Å². The summed E-state index contributed by atoms with van der Waals surface area (Å²) in [7, 11) is 0. The third-order valence-electron chi connectivity index (χ3n) is 2.91. The van der Waals surface area contributed by atoms with Gasteiger partial charge in [0.15, 0.2) is 0 Å². The van der Waals surface area contributed by atoms with Crippen LogP contribution in [0.25, 0.3) is 0 Å². The average molecular weight is 284 g/mol. The van der Waals surface area contributed by atoms with E-state index in [1.165, 1.54) is 4.88 Å². The minimum atomic E-state index is 0.200. The zero-order chi connectivity index (χ0) is 13.0. The van der Waals surface area contributed by atoms with Gasteiger partial charge in [-0.2, -0.15) is 0 Å². The highest BCUT2D eigenvalue weighted by atomic mass is 35.5. The van der Waals surface area contributed by atoms with Gasteiger partial charge >= 0.3 is 0 Å².